The largest absolute Gasteiger partial charge is 0.469 e. The minimum absolute atomic E-state index is 0. The van der Waals surface area contributed by atoms with Crippen molar-refractivity contribution in [3.63, 3.8) is 0 Å². The van der Waals surface area contributed by atoms with E-state index in [1.54, 1.807) is 12.1 Å². The van der Waals surface area contributed by atoms with Gasteiger partial charge in [0.05, 0.1) is 17.7 Å². The summed E-state index contributed by atoms with van der Waals surface area (Å²) in [6, 6.07) is 5.03. The van der Waals surface area contributed by atoms with Gasteiger partial charge in [0.15, 0.2) is 9.84 Å². The van der Waals surface area contributed by atoms with Gasteiger partial charge in [-0.3, -0.25) is 9.59 Å². The number of esters is 1. The minimum Gasteiger partial charge on any atom is -0.469 e. The van der Waals surface area contributed by atoms with Crippen molar-refractivity contribution in [2.24, 2.45) is 5.92 Å². The molecule has 0 spiro atoms. The molecule has 1 saturated carbocycles. The Labute approximate surface area is 196 Å². The van der Waals surface area contributed by atoms with Crippen LogP contribution < -0.4 is 15.5 Å². The minimum atomic E-state index is -3.47. The Morgan fingerprint density at radius 3 is 2.41 bits per heavy atom. The lowest BCUT2D eigenvalue weighted by Crippen LogP contribution is -2.44. The molecule has 1 aromatic carbocycles. The van der Waals surface area contributed by atoms with Crippen LogP contribution in [0.3, 0.4) is 0 Å². The maximum Gasteiger partial charge on any atom is 0.305 e. The van der Waals surface area contributed by atoms with E-state index in [1.807, 2.05) is 4.90 Å². The van der Waals surface area contributed by atoms with Crippen LogP contribution in [0.25, 0.3) is 0 Å². The highest BCUT2D eigenvalue weighted by molar-refractivity contribution is 7.90. The normalized spacial score (nSPS) is 21.4. The molecule has 0 atom stereocenters. The van der Waals surface area contributed by atoms with Gasteiger partial charge in [-0.05, 0) is 56.2 Å². The molecule has 1 amide bonds. The molecule has 1 aromatic rings. The fraction of sp³-hybridized carbons (Fsp3) is 0.636. The first-order valence-electron chi connectivity index (χ1n) is 11.0. The number of nitrogens with one attached hydrogen (secondary N) is 2. The summed E-state index contributed by atoms with van der Waals surface area (Å²) >= 11 is 0. The Bertz CT molecular complexity index is 895. The average Bonchev–Trinajstić information content (AvgIpc) is 2.78. The van der Waals surface area contributed by atoms with Crippen LogP contribution in [0.5, 0.6) is 0 Å². The molecule has 2 fully saturated rings. The van der Waals surface area contributed by atoms with Crippen molar-refractivity contribution in [3.05, 3.63) is 23.8 Å². The monoisotopic (exact) mass is 487 g/mol. The maximum atomic E-state index is 12.8. The third-order valence-corrected chi connectivity index (χ3v) is 7.37. The van der Waals surface area contributed by atoms with Crippen LogP contribution in [0.2, 0.25) is 0 Å². The fourth-order valence-corrected chi connectivity index (χ4v) is 5.33. The Balaban J connectivity index is 0.00000363. The summed E-state index contributed by atoms with van der Waals surface area (Å²) in [5, 5.41) is 6.32. The number of halogens is 1. The molecule has 8 nitrogen and oxygen atoms in total. The SMILES string of the molecule is COC(=O)CCC1CCC(NC(=O)c2ccc(N3CCNCC3)c(S(C)(=O)=O)c2)CC1.Cl. The number of nitrogens with zero attached hydrogens (tertiary/aromatic N) is 1. The molecular weight excluding hydrogens is 454 g/mol. The van der Waals surface area contributed by atoms with E-state index in [1.165, 1.54) is 19.4 Å². The van der Waals surface area contributed by atoms with Crippen molar-refractivity contribution in [1.82, 2.24) is 10.6 Å². The summed E-state index contributed by atoms with van der Waals surface area (Å²) in [7, 11) is -2.07. The highest BCUT2D eigenvalue weighted by Gasteiger charge is 2.25. The quantitative estimate of drug-likeness (QED) is 0.568. The second kappa shape index (κ2) is 11.9. The van der Waals surface area contributed by atoms with Gasteiger partial charge in [-0.2, -0.15) is 0 Å². The molecule has 0 unspecified atom stereocenters. The van der Waals surface area contributed by atoms with Gasteiger partial charge in [0.25, 0.3) is 5.91 Å². The van der Waals surface area contributed by atoms with Crippen LogP contribution in [-0.2, 0) is 19.4 Å². The lowest BCUT2D eigenvalue weighted by molar-refractivity contribution is -0.141. The predicted octanol–water partition coefficient (Wildman–Crippen LogP) is 2.16. The summed E-state index contributed by atoms with van der Waals surface area (Å²) < 4.78 is 29.5. The predicted molar refractivity (Wildman–Crippen MR) is 126 cm³/mol. The molecule has 32 heavy (non-hydrogen) atoms. The number of methoxy groups -OCH3 is 1. The highest BCUT2D eigenvalue weighted by atomic mass is 35.5. The lowest BCUT2D eigenvalue weighted by Gasteiger charge is -2.31. The van der Waals surface area contributed by atoms with Gasteiger partial charge in [-0.25, -0.2) is 8.42 Å². The molecule has 1 aliphatic carbocycles. The molecule has 1 saturated heterocycles. The average molecular weight is 488 g/mol. The number of amides is 1. The van der Waals surface area contributed by atoms with E-state index in [0.717, 1.165) is 58.3 Å². The zero-order chi connectivity index (χ0) is 22.4. The maximum absolute atomic E-state index is 12.8. The van der Waals surface area contributed by atoms with E-state index >= 15 is 0 Å². The first kappa shape index (κ1) is 26.4. The summed E-state index contributed by atoms with van der Waals surface area (Å²) in [6.45, 7) is 3.06. The van der Waals surface area contributed by atoms with E-state index in [4.69, 9.17) is 4.74 Å². The van der Waals surface area contributed by atoms with Crippen LogP contribution in [0.15, 0.2) is 23.1 Å². The number of benzene rings is 1. The van der Waals surface area contributed by atoms with Crippen molar-refractivity contribution >= 4 is 39.8 Å². The van der Waals surface area contributed by atoms with Gasteiger partial charge in [0.2, 0.25) is 0 Å². The Kier molecular flexibility index (Phi) is 9.79. The van der Waals surface area contributed by atoms with Crippen LogP contribution in [0.4, 0.5) is 5.69 Å². The summed E-state index contributed by atoms with van der Waals surface area (Å²) in [4.78, 5) is 26.4. The zero-order valence-electron chi connectivity index (χ0n) is 18.8. The number of piperazine rings is 1. The first-order chi connectivity index (χ1) is 14.8. The standard InChI is InChI=1S/C22H33N3O5S.ClH/c1-30-21(26)10-5-16-3-7-18(8-4-16)24-22(27)17-6-9-19(20(15-17)31(2,28)29)25-13-11-23-12-14-25;/h6,9,15-16,18,23H,3-5,7-8,10-14H2,1-2H3,(H,24,27);1H. The van der Waals surface area contributed by atoms with Crippen molar-refractivity contribution in [2.45, 2.75) is 49.5 Å². The van der Waals surface area contributed by atoms with Gasteiger partial charge in [0.1, 0.15) is 0 Å². The highest BCUT2D eigenvalue weighted by Crippen LogP contribution is 2.29. The lowest BCUT2D eigenvalue weighted by atomic mass is 9.83. The topological polar surface area (TPSA) is 105 Å². The number of sulfone groups is 1. The fourth-order valence-electron chi connectivity index (χ4n) is 4.41. The number of rotatable bonds is 7. The first-order valence-corrected chi connectivity index (χ1v) is 12.8. The van der Waals surface area contributed by atoms with Crippen molar-refractivity contribution in [3.8, 4) is 0 Å². The molecule has 2 aliphatic rings. The van der Waals surface area contributed by atoms with Gasteiger partial charge in [-0.15, -0.1) is 12.4 Å². The smallest absolute Gasteiger partial charge is 0.305 e. The molecule has 2 N–H and O–H groups in total. The van der Waals surface area contributed by atoms with Crippen LogP contribution in [0.1, 0.15) is 48.9 Å². The van der Waals surface area contributed by atoms with Gasteiger partial charge in [-0.1, -0.05) is 0 Å². The van der Waals surface area contributed by atoms with Crippen molar-refractivity contribution in [2.75, 3.05) is 44.4 Å². The molecule has 1 heterocycles. The van der Waals surface area contributed by atoms with Crippen molar-refractivity contribution < 1.29 is 22.7 Å². The third-order valence-electron chi connectivity index (χ3n) is 6.25. The molecule has 1 aliphatic heterocycles. The van der Waals surface area contributed by atoms with Gasteiger partial charge in [0, 0.05) is 50.5 Å². The van der Waals surface area contributed by atoms with Crippen molar-refractivity contribution in [1.29, 1.82) is 0 Å². The molecule has 0 radical (unpaired) electrons. The molecular formula is C22H34ClN3O5S. The van der Waals surface area contributed by atoms with Crippen LogP contribution in [0, 0.1) is 5.92 Å². The molecule has 180 valence electrons. The van der Waals surface area contributed by atoms with E-state index < -0.39 is 9.84 Å². The summed E-state index contributed by atoms with van der Waals surface area (Å²) in [5.41, 5.74) is 1.03. The second-order valence-electron chi connectivity index (χ2n) is 8.50. The number of anilines is 1. The summed E-state index contributed by atoms with van der Waals surface area (Å²) in [5.74, 6) is 0.0542. The van der Waals surface area contributed by atoms with E-state index in [-0.39, 0.29) is 35.2 Å². The number of ether oxygens (including phenoxy) is 1. The molecule has 0 aromatic heterocycles. The molecule has 10 heteroatoms. The zero-order valence-corrected chi connectivity index (χ0v) is 20.4. The van der Waals surface area contributed by atoms with E-state index in [9.17, 15) is 18.0 Å². The summed E-state index contributed by atoms with van der Waals surface area (Å²) in [6.07, 6.45) is 6.07. The number of hydrogen-bond acceptors (Lipinski definition) is 7. The number of carbonyl (C=O) groups is 2. The second-order valence-corrected chi connectivity index (χ2v) is 10.5. The van der Waals surface area contributed by atoms with Crippen LogP contribution >= 0.6 is 12.4 Å². The molecule has 3 rings (SSSR count). The number of carbonyl (C=O) groups excluding carboxylic acids is 2. The van der Waals surface area contributed by atoms with E-state index in [0.29, 0.717) is 23.6 Å². The van der Waals surface area contributed by atoms with Crippen LogP contribution in [-0.4, -0.2) is 65.9 Å². The Morgan fingerprint density at radius 2 is 1.81 bits per heavy atom. The molecule has 0 bridgehead atoms. The van der Waals surface area contributed by atoms with Gasteiger partial charge >= 0.3 is 5.97 Å². The number of hydrogen-bond donors (Lipinski definition) is 2. The van der Waals surface area contributed by atoms with E-state index in [2.05, 4.69) is 10.6 Å². The Hall–Kier alpha value is -1.84. The van der Waals surface area contributed by atoms with Gasteiger partial charge < -0.3 is 20.3 Å². The Morgan fingerprint density at radius 1 is 1.16 bits per heavy atom. The third kappa shape index (κ3) is 7.08.